The Labute approximate surface area is 199 Å². The lowest BCUT2D eigenvalue weighted by atomic mass is 9.92. The van der Waals surface area contributed by atoms with Gasteiger partial charge < -0.3 is 30.2 Å². The Balaban J connectivity index is 1.41. The minimum atomic E-state index is -0.493. The summed E-state index contributed by atoms with van der Waals surface area (Å²) in [4.78, 5) is 44.9. The number of benzene rings is 1. The van der Waals surface area contributed by atoms with Crippen LogP contribution in [0.4, 0.5) is 11.4 Å². The van der Waals surface area contributed by atoms with Crippen molar-refractivity contribution in [2.24, 2.45) is 0 Å². The number of ether oxygens (including phenoxy) is 1. The van der Waals surface area contributed by atoms with Gasteiger partial charge in [0.05, 0.1) is 11.8 Å². The van der Waals surface area contributed by atoms with Crippen molar-refractivity contribution < 1.29 is 14.3 Å². The van der Waals surface area contributed by atoms with Gasteiger partial charge in [0.25, 0.3) is 17.4 Å². The Morgan fingerprint density at radius 2 is 1.68 bits per heavy atom. The van der Waals surface area contributed by atoms with E-state index in [1.807, 2.05) is 11.9 Å². The summed E-state index contributed by atoms with van der Waals surface area (Å²) in [5.41, 5.74) is 1.22. The number of nitrogens with one attached hydrogen (secondary N) is 3. The first-order valence-corrected chi connectivity index (χ1v) is 11.8. The van der Waals surface area contributed by atoms with Crippen LogP contribution in [0.1, 0.15) is 46.4 Å². The maximum atomic E-state index is 13.0. The summed E-state index contributed by atoms with van der Waals surface area (Å²) in [6.07, 6.45) is 5.52. The zero-order valence-electron chi connectivity index (χ0n) is 19.8. The lowest BCUT2D eigenvalue weighted by Crippen LogP contribution is -2.47. The predicted octanol–water partition coefficient (Wildman–Crippen LogP) is 2.38. The number of anilines is 2. The number of piperazine rings is 1. The number of H-pyrrole nitrogens is 1. The summed E-state index contributed by atoms with van der Waals surface area (Å²) in [5.74, 6) is -0.506. The van der Waals surface area contributed by atoms with Crippen LogP contribution in [-0.4, -0.2) is 79.1 Å². The fourth-order valence-electron chi connectivity index (χ4n) is 4.57. The smallest absolute Gasteiger partial charge is 0.263 e. The van der Waals surface area contributed by atoms with Crippen molar-refractivity contribution in [3.8, 4) is 0 Å². The number of aromatic amines is 1. The number of amides is 2. The minimum Gasteiger partial charge on any atom is -0.381 e. The van der Waals surface area contributed by atoms with Gasteiger partial charge in [0.2, 0.25) is 0 Å². The molecule has 2 aliphatic rings. The van der Waals surface area contributed by atoms with E-state index in [0.717, 1.165) is 38.8 Å². The number of hydrogen-bond donors (Lipinski definition) is 3. The van der Waals surface area contributed by atoms with Crippen LogP contribution in [0.15, 0.2) is 41.3 Å². The molecular weight excluding hydrogens is 434 g/mol. The van der Waals surface area contributed by atoms with Crippen LogP contribution < -0.4 is 16.2 Å². The van der Waals surface area contributed by atoms with E-state index in [0.29, 0.717) is 30.0 Å². The monoisotopic (exact) mass is 467 g/mol. The number of rotatable bonds is 6. The van der Waals surface area contributed by atoms with Gasteiger partial charge in [-0.15, -0.1) is 0 Å². The van der Waals surface area contributed by atoms with E-state index in [4.69, 9.17) is 4.74 Å². The second-order valence-electron chi connectivity index (χ2n) is 9.08. The first kappa shape index (κ1) is 24.0. The van der Waals surface area contributed by atoms with Gasteiger partial charge in [0.15, 0.2) is 0 Å². The quantitative estimate of drug-likeness (QED) is 0.602. The van der Waals surface area contributed by atoms with Crippen LogP contribution in [0.25, 0.3) is 0 Å². The van der Waals surface area contributed by atoms with Crippen molar-refractivity contribution >= 4 is 23.2 Å². The molecule has 0 unspecified atom stereocenters. The number of hydrogen-bond acceptors (Lipinski definition) is 6. The van der Waals surface area contributed by atoms with Crippen LogP contribution in [0.2, 0.25) is 0 Å². The van der Waals surface area contributed by atoms with Crippen LogP contribution >= 0.6 is 0 Å². The molecule has 0 radical (unpaired) electrons. The van der Waals surface area contributed by atoms with Crippen molar-refractivity contribution in [1.29, 1.82) is 0 Å². The van der Waals surface area contributed by atoms with Gasteiger partial charge in [-0.2, -0.15) is 0 Å². The SMILES string of the molecule is COC1CCC(Nc2cc[nH]c(=O)c2C(=O)Nc2ccc(C(=O)N3CCN(C)CC3)cc2)CC1. The summed E-state index contributed by atoms with van der Waals surface area (Å²) in [5, 5.41) is 6.17. The molecule has 4 rings (SSSR count). The Morgan fingerprint density at radius 1 is 1.00 bits per heavy atom. The standard InChI is InChI=1S/C25H33N5O4/c1-29-13-15-30(16-14-29)25(33)17-3-5-19(6-4-17)28-24(32)22-21(11-12-26-23(22)31)27-18-7-9-20(34-2)10-8-18/h3-6,11-12,18,20H,7-10,13-16H2,1-2H3,(H,28,32)(H2,26,27,31). The molecule has 2 amide bonds. The molecule has 1 saturated heterocycles. The van der Waals surface area contributed by atoms with Crippen molar-refractivity contribution in [3.63, 3.8) is 0 Å². The third-order valence-corrected chi connectivity index (χ3v) is 6.74. The van der Waals surface area contributed by atoms with Crippen molar-refractivity contribution in [3.05, 3.63) is 58.0 Å². The topological polar surface area (TPSA) is 107 Å². The van der Waals surface area contributed by atoms with Crippen LogP contribution in [-0.2, 0) is 4.74 Å². The molecule has 34 heavy (non-hydrogen) atoms. The highest BCUT2D eigenvalue weighted by Gasteiger charge is 2.24. The molecule has 1 saturated carbocycles. The Kier molecular flexibility index (Phi) is 7.64. The second-order valence-corrected chi connectivity index (χ2v) is 9.08. The van der Waals surface area contributed by atoms with Gasteiger partial charge >= 0.3 is 0 Å². The van der Waals surface area contributed by atoms with Gasteiger partial charge in [-0.3, -0.25) is 14.4 Å². The number of methoxy groups -OCH3 is 1. The molecule has 1 aliphatic carbocycles. The summed E-state index contributed by atoms with van der Waals surface area (Å²) in [6.45, 7) is 3.12. The van der Waals surface area contributed by atoms with Crippen molar-refractivity contribution in [2.45, 2.75) is 37.8 Å². The highest BCUT2D eigenvalue weighted by molar-refractivity contribution is 6.08. The number of carbonyl (C=O) groups excluding carboxylic acids is 2. The number of pyridine rings is 1. The number of likely N-dealkylation sites (N-methyl/N-ethyl adjacent to an activating group) is 1. The van der Waals surface area contributed by atoms with E-state index in [-0.39, 0.29) is 23.6 Å². The molecule has 3 N–H and O–H groups in total. The van der Waals surface area contributed by atoms with E-state index >= 15 is 0 Å². The summed E-state index contributed by atoms with van der Waals surface area (Å²) in [7, 11) is 3.77. The lowest BCUT2D eigenvalue weighted by molar-refractivity contribution is 0.0664. The fourth-order valence-corrected chi connectivity index (χ4v) is 4.57. The highest BCUT2D eigenvalue weighted by Crippen LogP contribution is 2.25. The number of carbonyl (C=O) groups is 2. The van der Waals surface area contributed by atoms with Gasteiger partial charge in [0, 0.05) is 56.8 Å². The van der Waals surface area contributed by atoms with E-state index in [2.05, 4.69) is 20.5 Å². The highest BCUT2D eigenvalue weighted by atomic mass is 16.5. The van der Waals surface area contributed by atoms with Crippen molar-refractivity contribution in [2.75, 3.05) is 51.0 Å². The summed E-state index contributed by atoms with van der Waals surface area (Å²) in [6, 6.07) is 8.70. The zero-order chi connectivity index (χ0) is 24.1. The van der Waals surface area contributed by atoms with Gasteiger partial charge in [0.1, 0.15) is 5.56 Å². The number of aromatic nitrogens is 1. The molecule has 9 heteroatoms. The number of nitrogens with zero attached hydrogens (tertiary/aromatic N) is 2. The molecule has 0 spiro atoms. The Hall–Kier alpha value is -3.17. The van der Waals surface area contributed by atoms with E-state index in [1.165, 1.54) is 0 Å². The van der Waals surface area contributed by atoms with Gasteiger partial charge in [-0.1, -0.05) is 0 Å². The normalized spacial score (nSPS) is 21.2. The molecule has 2 heterocycles. The fraction of sp³-hybridized carbons (Fsp3) is 0.480. The maximum Gasteiger partial charge on any atom is 0.263 e. The molecule has 0 bridgehead atoms. The van der Waals surface area contributed by atoms with Crippen molar-refractivity contribution in [1.82, 2.24) is 14.8 Å². The Bertz CT molecular complexity index is 1050. The average molecular weight is 468 g/mol. The molecule has 9 nitrogen and oxygen atoms in total. The van der Waals surface area contributed by atoms with E-state index in [1.54, 1.807) is 43.6 Å². The largest absolute Gasteiger partial charge is 0.381 e. The Morgan fingerprint density at radius 3 is 2.32 bits per heavy atom. The third kappa shape index (κ3) is 5.66. The third-order valence-electron chi connectivity index (χ3n) is 6.74. The average Bonchev–Trinajstić information content (AvgIpc) is 2.85. The zero-order valence-corrected chi connectivity index (χ0v) is 19.8. The second kappa shape index (κ2) is 10.8. The summed E-state index contributed by atoms with van der Waals surface area (Å²) < 4.78 is 5.43. The lowest BCUT2D eigenvalue weighted by Gasteiger charge is -2.32. The van der Waals surface area contributed by atoms with Gasteiger partial charge in [-0.05, 0) is 63.1 Å². The summed E-state index contributed by atoms with van der Waals surface area (Å²) >= 11 is 0. The van der Waals surface area contributed by atoms with E-state index in [9.17, 15) is 14.4 Å². The predicted molar refractivity (Wildman–Crippen MR) is 132 cm³/mol. The molecule has 2 aromatic rings. The first-order valence-electron chi connectivity index (χ1n) is 11.8. The minimum absolute atomic E-state index is 0.0137. The molecule has 0 atom stereocenters. The maximum absolute atomic E-state index is 13.0. The molecule has 182 valence electrons. The first-order chi connectivity index (χ1) is 16.4. The van der Waals surface area contributed by atoms with E-state index < -0.39 is 11.5 Å². The molecule has 2 fully saturated rings. The van der Waals surface area contributed by atoms with Crippen LogP contribution in [0.5, 0.6) is 0 Å². The molecular formula is C25H33N5O4. The molecule has 1 aromatic heterocycles. The van der Waals surface area contributed by atoms with Crippen LogP contribution in [0, 0.1) is 0 Å². The van der Waals surface area contributed by atoms with Gasteiger partial charge in [-0.25, -0.2) is 0 Å². The van der Waals surface area contributed by atoms with Crippen LogP contribution in [0.3, 0.4) is 0 Å². The molecule has 1 aromatic carbocycles. The molecule has 1 aliphatic heterocycles.